The summed E-state index contributed by atoms with van der Waals surface area (Å²) < 4.78 is 5.04. The maximum absolute atomic E-state index is 11.4. The van der Waals surface area contributed by atoms with Crippen LogP contribution in [-0.2, 0) is 9.53 Å². The molecule has 0 fully saturated rings. The minimum atomic E-state index is -0.692. The molecule has 0 aliphatic carbocycles. The standard InChI is InChI=1S/C10H14N2O3S/c1-10(2,3)15-9(14)12-7(5-13)8-4-11-6-16-8/h4-7H,1-3H3,(H,12,14). The minimum Gasteiger partial charge on any atom is -0.444 e. The van der Waals surface area contributed by atoms with Crippen LogP contribution >= 0.6 is 11.3 Å². The number of carbonyl (C=O) groups excluding carboxylic acids is 2. The van der Waals surface area contributed by atoms with E-state index in [9.17, 15) is 9.59 Å². The summed E-state index contributed by atoms with van der Waals surface area (Å²) in [5, 5.41) is 2.47. The van der Waals surface area contributed by atoms with E-state index in [4.69, 9.17) is 4.74 Å². The largest absolute Gasteiger partial charge is 0.444 e. The third kappa shape index (κ3) is 3.98. The van der Waals surface area contributed by atoms with Crippen molar-refractivity contribution in [2.45, 2.75) is 32.4 Å². The normalized spacial score (nSPS) is 12.9. The highest BCUT2D eigenvalue weighted by atomic mass is 32.1. The third-order valence-corrected chi connectivity index (χ3v) is 2.42. The van der Waals surface area contributed by atoms with E-state index < -0.39 is 17.7 Å². The molecule has 0 aliphatic rings. The van der Waals surface area contributed by atoms with Crippen molar-refractivity contribution < 1.29 is 14.3 Å². The van der Waals surface area contributed by atoms with Crippen LogP contribution in [0, 0.1) is 0 Å². The first kappa shape index (κ1) is 12.6. The number of nitrogens with zero attached hydrogens (tertiary/aromatic N) is 1. The molecule has 1 heterocycles. The molecule has 1 unspecified atom stereocenters. The summed E-state index contributed by atoms with van der Waals surface area (Å²) in [6, 6.07) is -0.692. The van der Waals surface area contributed by atoms with Gasteiger partial charge >= 0.3 is 6.09 Å². The first-order valence-electron chi connectivity index (χ1n) is 4.75. The molecule has 6 heteroatoms. The number of aromatic nitrogens is 1. The van der Waals surface area contributed by atoms with Crippen molar-refractivity contribution in [3.8, 4) is 0 Å². The molecule has 0 saturated heterocycles. The number of amides is 1. The second-order valence-corrected chi connectivity index (χ2v) is 5.08. The molecule has 1 aromatic rings. The third-order valence-electron chi connectivity index (χ3n) is 1.57. The van der Waals surface area contributed by atoms with E-state index in [1.54, 1.807) is 32.5 Å². The predicted octanol–water partition coefficient (Wildman–Crippen LogP) is 1.91. The van der Waals surface area contributed by atoms with Crippen molar-refractivity contribution in [3.05, 3.63) is 16.6 Å². The van der Waals surface area contributed by atoms with Crippen LogP contribution in [0.2, 0.25) is 0 Å². The van der Waals surface area contributed by atoms with Gasteiger partial charge in [0.05, 0.1) is 10.4 Å². The number of alkyl carbamates (subject to hydrolysis) is 1. The molecule has 0 aliphatic heterocycles. The van der Waals surface area contributed by atoms with E-state index in [1.165, 1.54) is 11.3 Å². The molecular formula is C10H14N2O3S. The highest BCUT2D eigenvalue weighted by Gasteiger charge is 2.20. The quantitative estimate of drug-likeness (QED) is 0.822. The number of hydrogen-bond acceptors (Lipinski definition) is 5. The maximum Gasteiger partial charge on any atom is 0.408 e. The molecule has 88 valence electrons. The maximum atomic E-state index is 11.4. The Labute approximate surface area is 97.8 Å². The molecule has 1 rings (SSSR count). The molecule has 0 aromatic carbocycles. The van der Waals surface area contributed by atoms with Gasteiger partial charge in [0.25, 0.3) is 0 Å². The van der Waals surface area contributed by atoms with Gasteiger partial charge in [0.1, 0.15) is 17.9 Å². The van der Waals surface area contributed by atoms with Gasteiger partial charge in [-0.1, -0.05) is 0 Å². The van der Waals surface area contributed by atoms with Gasteiger partial charge < -0.3 is 14.8 Å². The lowest BCUT2D eigenvalue weighted by atomic mass is 10.2. The molecular weight excluding hydrogens is 228 g/mol. The summed E-state index contributed by atoms with van der Waals surface area (Å²) in [6.45, 7) is 5.28. The van der Waals surface area contributed by atoms with Crippen molar-refractivity contribution in [1.82, 2.24) is 10.3 Å². The topological polar surface area (TPSA) is 68.3 Å². The second-order valence-electron chi connectivity index (χ2n) is 4.16. The number of aldehydes is 1. The number of ether oxygens (including phenoxy) is 1. The summed E-state index contributed by atoms with van der Waals surface area (Å²) in [7, 11) is 0. The van der Waals surface area contributed by atoms with Gasteiger partial charge in [0.2, 0.25) is 0 Å². The van der Waals surface area contributed by atoms with Gasteiger partial charge in [0.15, 0.2) is 0 Å². The van der Waals surface area contributed by atoms with Crippen molar-refractivity contribution in [1.29, 1.82) is 0 Å². The molecule has 0 radical (unpaired) electrons. The second kappa shape index (κ2) is 5.07. The Morgan fingerprint density at radius 1 is 1.62 bits per heavy atom. The van der Waals surface area contributed by atoms with E-state index in [-0.39, 0.29) is 0 Å². The Balaban J connectivity index is 2.58. The lowest BCUT2D eigenvalue weighted by Crippen LogP contribution is -2.35. The van der Waals surface area contributed by atoms with Gasteiger partial charge in [-0.25, -0.2) is 4.79 Å². The Kier molecular flexibility index (Phi) is 4.00. The number of rotatable bonds is 3. The number of nitrogens with one attached hydrogen (secondary N) is 1. The molecule has 0 saturated carbocycles. The van der Waals surface area contributed by atoms with Crippen LogP contribution < -0.4 is 5.32 Å². The monoisotopic (exact) mass is 242 g/mol. The fourth-order valence-electron chi connectivity index (χ4n) is 0.986. The highest BCUT2D eigenvalue weighted by molar-refractivity contribution is 7.09. The average molecular weight is 242 g/mol. The zero-order chi connectivity index (χ0) is 12.2. The van der Waals surface area contributed by atoms with Crippen LogP contribution in [0.3, 0.4) is 0 Å². The molecule has 16 heavy (non-hydrogen) atoms. The summed E-state index contributed by atoms with van der Waals surface area (Å²) >= 11 is 1.30. The molecule has 5 nitrogen and oxygen atoms in total. The van der Waals surface area contributed by atoms with E-state index >= 15 is 0 Å². The Morgan fingerprint density at radius 3 is 2.75 bits per heavy atom. The molecule has 1 aromatic heterocycles. The first-order valence-corrected chi connectivity index (χ1v) is 5.63. The lowest BCUT2D eigenvalue weighted by molar-refractivity contribution is -0.109. The van der Waals surface area contributed by atoms with Gasteiger partial charge in [-0.15, -0.1) is 11.3 Å². The number of carbonyl (C=O) groups is 2. The SMILES string of the molecule is CC(C)(C)OC(=O)NC(C=O)c1cncs1. The van der Waals surface area contributed by atoms with E-state index in [0.29, 0.717) is 11.2 Å². The van der Waals surface area contributed by atoms with E-state index in [2.05, 4.69) is 10.3 Å². The number of thiazole rings is 1. The van der Waals surface area contributed by atoms with Gasteiger partial charge in [-0.3, -0.25) is 4.98 Å². The summed E-state index contributed by atoms with van der Waals surface area (Å²) in [4.78, 5) is 26.8. The minimum absolute atomic E-state index is 0.578. The van der Waals surface area contributed by atoms with Crippen LogP contribution in [-0.4, -0.2) is 23.0 Å². The fraction of sp³-hybridized carbons (Fsp3) is 0.500. The smallest absolute Gasteiger partial charge is 0.408 e. The first-order chi connectivity index (χ1) is 7.42. The van der Waals surface area contributed by atoms with Crippen molar-refractivity contribution in [2.24, 2.45) is 0 Å². The van der Waals surface area contributed by atoms with Crippen LogP contribution in [0.25, 0.3) is 0 Å². The average Bonchev–Trinajstić information content (AvgIpc) is 2.63. The molecule has 0 spiro atoms. The zero-order valence-electron chi connectivity index (χ0n) is 9.39. The van der Waals surface area contributed by atoms with Gasteiger partial charge in [-0.2, -0.15) is 0 Å². The molecule has 1 amide bonds. The van der Waals surface area contributed by atoms with Crippen LogP contribution in [0.15, 0.2) is 11.7 Å². The Hall–Kier alpha value is -1.43. The van der Waals surface area contributed by atoms with E-state index in [1.807, 2.05) is 0 Å². The highest BCUT2D eigenvalue weighted by Crippen LogP contribution is 2.16. The molecule has 0 bridgehead atoms. The predicted molar refractivity (Wildman–Crippen MR) is 60.3 cm³/mol. The van der Waals surface area contributed by atoms with Crippen molar-refractivity contribution in [3.63, 3.8) is 0 Å². The Morgan fingerprint density at radius 2 is 2.31 bits per heavy atom. The van der Waals surface area contributed by atoms with Crippen LogP contribution in [0.4, 0.5) is 4.79 Å². The summed E-state index contributed by atoms with van der Waals surface area (Å²) in [6.07, 6.45) is 1.58. The van der Waals surface area contributed by atoms with E-state index in [0.717, 1.165) is 0 Å². The molecule has 1 N–H and O–H groups in total. The van der Waals surface area contributed by atoms with Crippen molar-refractivity contribution >= 4 is 23.7 Å². The Bertz CT molecular complexity index is 357. The lowest BCUT2D eigenvalue weighted by Gasteiger charge is -2.21. The van der Waals surface area contributed by atoms with Gasteiger partial charge in [0, 0.05) is 6.20 Å². The fourth-order valence-corrected chi connectivity index (χ4v) is 1.61. The summed E-state index contributed by atoms with van der Waals surface area (Å²) in [5.41, 5.74) is 1.02. The van der Waals surface area contributed by atoms with Crippen LogP contribution in [0.1, 0.15) is 31.7 Å². The van der Waals surface area contributed by atoms with Crippen molar-refractivity contribution in [2.75, 3.05) is 0 Å². The van der Waals surface area contributed by atoms with Gasteiger partial charge in [-0.05, 0) is 20.8 Å². The zero-order valence-corrected chi connectivity index (χ0v) is 10.2. The molecule has 1 atom stereocenters. The van der Waals surface area contributed by atoms with Crippen LogP contribution in [0.5, 0.6) is 0 Å². The summed E-state index contributed by atoms with van der Waals surface area (Å²) in [5.74, 6) is 0. The number of hydrogen-bond donors (Lipinski definition) is 1.